The molecule has 6 heteroatoms. The maximum Gasteiger partial charge on any atom is 0.323 e. The van der Waals surface area contributed by atoms with Crippen LogP contribution in [0.25, 0.3) is 11.0 Å². The maximum atomic E-state index is 13.0. The van der Waals surface area contributed by atoms with Crippen molar-refractivity contribution in [3.05, 3.63) is 70.1 Å². The summed E-state index contributed by atoms with van der Waals surface area (Å²) in [5.41, 5.74) is 2.76. The van der Waals surface area contributed by atoms with Crippen LogP contribution in [0.15, 0.2) is 53.3 Å². The molecule has 1 aromatic heterocycles. The third-order valence-electron chi connectivity index (χ3n) is 4.95. The Kier molecular flexibility index (Phi) is 3.89. The monoisotopic (exact) mass is 336 g/mol. The highest BCUT2D eigenvalue weighted by Crippen LogP contribution is 2.31. The van der Waals surface area contributed by atoms with Crippen LogP contribution in [0.3, 0.4) is 0 Å². The Balaban J connectivity index is 1.54. The second kappa shape index (κ2) is 6.22. The van der Waals surface area contributed by atoms with Crippen LogP contribution in [0.4, 0.5) is 0 Å². The van der Waals surface area contributed by atoms with Crippen LogP contribution in [-0.4, -0.2) is 29.0 Å². The third kappa shape index (κ3) is 2.85. The standard InChI is InChI=1S/C19H20N4O2/c24-17(19(8-9-20-12-19)14-4-2-1-3-5-14)21-11-13-6-7-15-16(10-13)23-18(25)22-15/h1-7,10,20H,8-9,11-12H2,(H,21,24)(H2,22,23,25). The van der Waals surface area contributed by atoms with Gasteiger partial charge in [0.2, 0.25) is 5.91 Å². The molecular formula is C19H20N4O2. The van der Waals surface area contributed by atoms with Crippen LogP contribution < -0.4 is 16.3 Å². The lowest BCUT2D eigenvalue weighted by molar-refractivity contribution is -0.126. The highest BCUT2D eigenvalue weighted by Gasteiger charge is 2.42. The molecule has 2 heterocycles. The molecule has 2 aromatic carbocycles. The Morgan fingerprint density at radius 2 is 1.88 bits per heavy atom. The van der Waals surface area contributed by atoms with Gasteiger partial charge in [-0.05, 0) is 36.2 Å². The van der Waals surface area contributed by atoms with Gasteiger partial charge in [0.15, 0.2) is 0 Å². The van der Waals surface area contributed by atoms with Gasteiger partial charge >= 0.3 is 5.69 Å². The number of benzene rings is 2. The molecule has 25 heavy (non-hydrogen) atoms. The molecule has 0 saturated carbocycles. The lowest BCUT2D eigenvalue weighted by Gasteiger charge is -2.27. The molecule has 0 bridgehead atoms. The molecule has 0 spiro atoms. The van der Waals surface area contributed by atoms with E-state index in [4.69, 9.17) is 0 Å². The molecular weight excluding hydrogens is 316 g/mol. The number of amides is 1. The first kappa shape index (κ1) is 15.7. The predicted molar refractivity (Wildman–Crippen MR) is 96.4 cm³/mol. The molecule has 1 saturated heterocycles. The molecule has 0 aliphatic carbocycles. The molecule has 4 N–H and O–H groups in total. The number of rotatable bonds is 4. The lowest BCUT2D eigenvalue weighted by atomic mass is 9.78. The van der Waals surface area contributed by atoms with Gasteiger partial charge < -0.3 is 20.6 Å². The van der Waals surface area contributed by atoms with Crippen molar-refractivity contribution >= 4 is 16.9 Å². The first-order valence-electron chi connectivity index (χ1n) is 8.43. The quantitative estimate of drug-likeness (QED) is 0.581. The summed E-state index contributed by atoms with van der Waals surface area (Å²) in [5, 5.41) is 6.38. The summed E-state index contributed by atoms with van der Waals surface area (Å²) < 4.78 is 0. The second-order valence-electron chi connectivity index (χ2n) is 6.52. The van der Waals surface area contributed by atoms with Crippen LogP contribution in [0.1, 0.15) is 17.5 Å². The number of carbonyl (C=O) groups excluding carboxylic acids is 1. The average molecular weight is 336 g/mol. The van der Waals surface area contributed by atoms with Gasteiger partial charge in [-0.3, -0.25) is 4.79 Å². The number of imidazole rings is 1. The van der Waals surface area contributed by atoms with Crippen molar-refractivity contribution in [3.8, 4) is 0 Å². The number of hydrogen-bond donors (Lipinski definition) is 4. The van der Waals surface area contributed by atoms with Crippen LogP contribution in [0, 0.1) is 0 Å². The van der Waals surface area contributed by atoms with Gasteiger partial charge in [0.05, 0.1) is 16.4 Å². The molecule has 1 fully saturated rings. The molecule has 1 unspecified atom stereocenters. The van der Waals surface area contributed by atoms with Gasteiger partial charge in [-0.2, -0.15) is 0 Å². The van der Waals surface area contributed by atoms with Crippen molar-refractivity contribution in [1.29, 1.82) is 0 Å². The summed E-state index contributed by atoms with van der Waals surface area (Å²) in [4.78, 5) is 29.8. The zero-order chi connectivity index (χ0) is 17.3. The van der Waals surface area contributed by atoms with Crippen molar-refractivity contribution in [2.45, 2.75) is 18.4 Å². The van der Waals surface area contributed by atoms with Crippen LogP contribution in [0.2, 0.25) is 0 Å². The summed E-state index contributed by atoms with van der Waals surface area (Å²) in [5.74, 6) is 0.0337. The Bertz CT molecular complexity index is 952. The van der Waals surface area contributed by atoms with Gasteiger partial charge in [-0.15, -0.1) is 0 Å². The van der Waals surface area contributed by atoms with Crippen molar-refractivity contribution in [2.75, 3.05) is 13.1 Å². The highest BCUT2D eigenvalue weighted by molar-refractivity contribution is 5.89. The van der Waals surface area contributed by atoms with Gasteiger partial charge in [0.1, 0.15) is 0 Å². The lowest BCUT2D eigenvalue weighted by Crippen LogP contribution is -2.45. The van der Waals surface area contributed by atoms with Crippen LogP contribution >= 0.6 is 0 Å². The van der Waals surface area contributed by atoms with E-state index in [1.807, 2.05) is 48.5 Å². The Morgan fingerprint density at radius 3 is 2.64 bits per heavy atom. The molecule has 4 rings (SSSR count). The van der Waals surface area contributed by atoms with Gasteiger partial charge in [-0.1, -0.05) is 36.4 Å². The summed E-state index contributed by atoms with van der Waals surface area (Å²) in [6.07, 6.45) is 0.785. The first-order valence-corrected chi connectivity index (χ1v) is 8.43. The molecule has 128 valence electrons. The topological polar surface area (TPSA) is 89.8 Å². The van der Waals surface area contributed by atoms with E-state index in [1.165, 1.54) is 0 Å². The zero-order valence-corrected chi connectivity index (χ0v) is 13.8. The minimum atomic E-state index is -0.520. The smallest absolute Gasteiger partial charge is 0.323 e. The van der Waals surface area contributed by atoms with Crippen LogP contribution in [0.5, 0.6) is 0 Å². The largest absolute Gasteiger partial charge is 0.351 e. The first-order chi connectivity index (χ1) is 12.2. The summed E-state index contributed by atoms with van der Waals surface area (Å²) >= 11 is 0. The number of fused-ring (bicyclic) bond motifs is 1. The fraction of sp³-hybridized carbons (Fsp3) is 0.263. The fourth-order valence-electron chi connectivity index (χ4n) is 3.56. The summed E-state index contributed by atoms with van der Waals surface area (Å²) in [6.45, 7) is 1.91. The zero-order valence-electron chi connectivity index (χ0n) is 13.8. The van der Waals surface area contributed by atoms with E-state index in [0.717, 1.165) is 35.1 Å². The molecule has 1 atom stereocenters. The summed E-state index contributed by atoms with van der Waals surface area (Å²) in [6, 6.07) is 15.6. The van der Waals surface area contributed by atoms with Gasteiger partial charge in [-0.25, -0.2) is 4.79 Å². The number of carbonyl (C=O) groups is 1. The number of hydrogen-bond acceptors (Lipinski definition) is 3. The molecule has 1 amide bonds. The molecule has 0 radical (unpaired) electrons. The Morgan fingerprint density at radius 1 is 1.08 bits per heavy atom. The average Bonchev–Trinajstić information content (AvgIpc) is 3.26. The van der Waals surface area contributed by atoms with E-state index in [1.54, 1.807) is 0 Å². The van der Waals surface area contributed by atoms with E-state index >= 15 is 0 Å². The van der Waals surface area contributed by atoms with Gasteiger partial charge in [0.25, 0.3) is 0 Å². The van der Waals surface area contributed by atoms with Crippen molar-refractivity contribution in [3.63, 3.8) is 0 Å². The normalized spacial score (nSPS) is 20.0. The second-order valence-corrected chi connectivity index (χ2v) is 6.52. The van der Waals surface area contributed by atoms with E-state index < -0.39 is 5.41 Å². The van der Waals surface area contributed by atoms with Crippen molar-refractivity contribution in [1.82, 2.24) is 20.6 Å². The Hall–Kier alpha value is -2.86. The van der Waals surface area contributed by atoms with Crippen LogP contribution in [-0.2, 0) is 16.8 Å². The van der Waals surface area contributed by atoms with Gasteiger partial charge in [0, 0.05) is 13.1 Å². The van der Waals surface area contributed by atoms with Crippen molar-refractivity contribution < 1.29 is 4.79 Å². The van der Waals surface area contributed by atoms with E-state index in [9.17, 15) is 9.59 Å². The minimum absolute atomic E-state index is 0.0337. The molecule has 1 aliphatic heterocycles. The predicted octanol–water partition coefficient (Wildman–Crippen LogP) is 1.40. The number of H-pyrrole nitrogens is 2. The number of aromatic amines is 2. The fourth-order valence-corrected chi connectivity index (χ4v) is 3.56. The highest BCUT2D eigenvalue weighted by atomic mass is 16.2. The van der Waals surface area contributed by atoms with Crippen molar-refractivity contribution in [2.24, 2.45) is 0 Å². The number of aromatic nitrogens is 2. The summed E-state index contributed by atoms with van der Waals surface area (Å²) in [7, 11) is 0. The molecule has 3 aromatic rings. The third-order valence-corrected chi connectivity index (χ3v) is 4.95. The minimum Gasteiger partial charge on any atom is -0.351 e. The van der Waals surface area contributed by atoms with E-state index in [-0.39, 0.29) is 11.6 Å². The van der Waals surface area contributed by atoms with E-state index in [2.05, 4.69) is 20.6 Å². The number of nitrogens with one attached hydrogen (secondary N) is 4. The Labute approximate surface area is 144 Å². The maximum absolute atomic E-state index is 13.0. The van der Waals surface area contributed by atoms with E-state index in [0.29, 0.717) is 13.1 Å². The molecule has 6 nitrogen and oxygen atoms in total. The molecule has 1 aliphatic rings. The SMILES string of the molecule is O=C(NCc1ccc2[nH]c(=O)[nH]c2c1)C1(c2ccccc2)CCNC1.